The van der Waals surface area contributed by atoms with Crippen molar-refractivity contribution in [2.45, 2.75) is 19.4 Å². The van der Waals surface area contributed by atoms with Crippen LogP contribution in [-0.4, -0.2) is 19.4 Å². The quantitative estimate of drug-likeness (QED) is 0.697. The van der Waals surface area contributed by atoms with Gasteiger partial charge < -0.3 is 4.74 Å². The van der Waals surface area contributed by atoms with E-state index in [-0.39, 0.29) is 0 Å². The molecule has 1 aromatic carbocycles. The fourth-order valence-corrected chi connectivity index (χ4v) is 1.98. The lowest BCUT2D eigenvalue weighted by Crippen LogP contribution is -2.12. The van der Waals surface area contributed by atoms with Gasteiger partial charge in [-0.2, -0.15) is 0 Å². The lowest BCUT2D eigenvalue weighted by atomic mass is 9.98. The van der Waals surface area contributed by atoms with Gasteiger partial charge in [-0.25, -0.2) is 0 Å². The van der Waals surface area contributed by atoms with Crippen LogP contribution in [0.15, 0.2) is 17.1 Å². The van der Waals surface area contributed by atoms with Crippen LogP contribution in [-0.2, 0) is 6.42 Å². The molecule has 2 nitrogen and oxygen atoms in total. The van der Waals surface area contributed by atoms with Crippen molar-refractivity contribution in [1.29, 1.82) is 0 Å². The van der Waals surface area contributed by atoms with Gasteiger partial charge in [-0.05, 0) is 36.6 Å². The van der Waals surface area contributed by atoms with Crippen LogP contribution in [0.2, 0.25) is 5.02 Å². The van der Waals surface area contributed by atoms with E-state index in [0.717, 1.165) is 28.3 Å². The van der Waals surface area contributed by atoms with Gasteiger partial charge in [0.15, 0.2) is 0 Å². The predicted octanol–water partition coefficient (Wildman–Crippen LogP) is 2.71. The predicted molar refractivity (Wildman–Crippen MR) is 58.8 cm³/mol. The van der Waals surface area contributed by atoms with Gasteiger partial charge in [-0.1, -0.05) is 11.6 Å². The number of halogens is 1. The molecule has 1 aliphatic heterocycles. The van der Waals surface area contributed by atoms with Crippen LogP contribution in [0.4, 0.5) is 0 Å². The van der Waals surface area contributed by atoms with Gasteiger partial charge in [-0.3, -0.25) is 4.99 Å². The van der Waals surface area contributed by atoms with Gasteiger partial charge in [0.1, 0.15) is 5.75 Å². The lowest BCUT2D eigenvalue weighted by molar-refractivity contribution is 0.414. The van der Waals surface area contributed by atoms with Crippen molar-refractivity contribution in [3.8, 4) is 5.75 Å². The molecule has 0 radical (unpaired) electrons. The summed E-state index contributed by atoms with van der Waals surface area (Å²) < 4.78 is 5.17. The highest BCUT2D eigenvalue weighted by atomic mass is 35.5. The van der Waals surface area contributed by atoms with Crippen molar-refractivity contribution in [2.24, 2.45) is 4.99 Å². The van der Waals surface area contributed by atoms with E-state index in [9.17, 15) is 0 Å². The minimum Gasteiger partial charge on any atom is -0.495 e. The van der Waals surface area contributed by atoms with Crippen molar-refractivity contribution in [1.82, 2.24) is 0 Å². The number of ether oxygens (including phenoxy) is 1. The Morgan fingerprint density at radius 2 is 2.29 bits per heavy atom. The Bertz CT molecular complexity index is 387. The highest BCUT2D eigenvalue weighted by Gasteiger charge is 2.16. The number of nitrogens with zero attached hydrogens (tertiary/aromatic N) is 1. The third kappa shape index (κ3) is 1.50. The Morgan fingerprint density at radius 3 is 3.00 bits per heavy atom. The standard InChI is InChI=1S/C11H12ClNO/c1-7-5-9-8(6-13-7)3-4-10(14-2)11(9)12/h3-4,6-7H,5H2,1-2H3/t7-/m1/s1. The Balaban J connectivity index is 2.53. The van der Waals surface area contributed by atoms with E-state index < -0.39 is 0 Å². The van der Waals surface area contributed by atoms with Gasteiger partial charge in [0.05, 0.1) is 18.2 Å². The van der Waals surface area contributed by atoms with Crippen LogP contribution < -0.4 is 4.74 Å². The Hall–Kier alpha value is -1.02. The van der Waals surface area contributed by atoms with Crippen LogP contribution in [0.3, 0.4) is 0 Å². The maximum Gasteiger partial charge on any atom is 0.137 e. The first-order valence-corrected chi connectivity index (χ1v) is 4.98. The van der Waals surface area contributed by atoms with E-state index in [1.54, 1.807) is 7.11 Å². The molecule has 0 amide bonds. The summed E-state index contributed by atoms with van der Waals surface area (Å²) in [6.07, 6.45) is 2.77. The molecule has 0 saturated heterocycles. The minimum absolute atomic E-state index is 0.312. The smallest absolute Gasteiger partial charge is 0.137 e. The van der Waals surface area contributed by atoms with Gasteiger partial charge in [0.25, 0.3) is 0 Å². The van der Waals surface area contributed by atoms with Gasteiger partial charge >= 0.3 is 0 Å². The summed E-state index contributed by atoms with van der Waals surface area (Å²) in [6, 6.07) is 4.19. The number of hydrogen-bond donors (Lipinski definition) is 0. The molecule has 14 heavy (non-hydrogen) atoms. The van der Waals surface area contributed by atoms with Crippen molar-refractivity contribution < 1.29 is 4.74 Å². The average Bonchev–Trinajstić information content (AvgIpc) is 2.20. The minimum atomic E-state index is 0.312. The maximum atomic E-state index is 6.21. The SMILES string of the molecule is COc1ccc2c(c1Cl)C[C@@H](C)N=C2. The van der Waals surface area contributed by atoms with Crippen LogP contribution in [0.25, 0.3) is 0 Å². The fraction of sp³-hybridized carbons (Fsp3) is 0.364. The third-order valence-electron chi connectivity index (χ3n) is 2.43. The maximum absolute atomic E-state index is 6.21. The second-order valence-corrected chi connectivity index (χ2v) is 3.86. The monoisotopic (exact) mass is 209 g/mol. The molecule has 3 heteroatoms. The van der Waals surface area contributed by atoms with E-state index >= 15 is 0 Å². The molecule has 0 spiro atoms. The molecular formula is C11H12ClNO. The zero-order chi connectivity index (χ0) is 10.1. The molecule has 0 bridgehead atoms. The van der Waals surface area contributed by atoms with Gasteiger partial charge in [0.2, 0.25) is 0 Å². The fourth-order valence-electron chi connectivity index (χ4n) is 1.66. The van der Waals surface area contributed by atoms with E-state index in [2.05, 4.69) is 11.9 Å². The molecule has 0 saturated carbocycles. The Morgan fingerprint density at radius 1 is 1.50 bits per heavy atom. The molecule has 0 fully saturated rings. The van der Waals surface area contributed by atoms with E-state index in [1.807, 2.05) is 18.3 Å². The van der Waals surface area contributed by atoms with Crippen molar-refractivity contribution in [2.75, 3.05) is 7.11 Å². The second kappa shape index (κ2) is 3.62. The molecule has 1 heterocycles. The number of rotatable bonds is 1. The lowest BCUT2D eigenvalue weighted by Gasteiger charge is -2.17. The van der Waals surface area contributed by atoms with Gasteiger partial charge in [-0.15, -0.1) is 0 Å². The molecular weight excluding hydrogens is 198 g/mol. The third-order valence-corrected chi connectivity index (χ3v) is 2.85. The summed E-state index contributed by atoms with van der Waals surface area (Å²) in [5.41, 5.74) is 2.25. The van der Waals surface area contributed by atoms with Crippen molar-refractivity contribution >= 4 is 17.8 Å². The first-order valence-electron chi connectivity index (χ1n) is 4.61. The van der Waals surface area contributed by atoms with Gasteiger partial charge in [0, 0.05) is 6.21 Å². The molecule has 0 N–H and O–H groups in total. The van der Waals surface area contributed by atoms with Crippen LogP contribution in [0.5, 0.6) is 5.75 Å². The molecule has 1 aliphatic rings. The molecule has 2 rings (SSSR count). The molecule has 0 unspecified atom stereocenters. The molecule has 74 valence electrons. The average molecular weight is 210 g/mol. The number of fused-ring (bicyclic) bond motifs is 1. The van der Waals surface area contributed by atoms with Crippen LogP contribution >= 0.6 is 11.6 Å². The summed E-state index contributed by atoms with van der Waals surface area (Å²) in [6.45, 7) is 2.08. The number of aliphatic imine (C=N–C) groups is 1. The van der Waals surface area contributed by atoms with Crippen LogP contribution in [0, 0.1) is 0 Å². The highest BCUT2D eigenvalue weighted by Crippen LogP contribution is 2.32. The summed E-state index contributed by atoms with van der Waals surface area (Å²) in [4.78, 5) is 4.34. The summed E-state index contributed by atoms with van der Waals surface area (Å²) in [5.74, 6) is 0.743. The molecule has 0 aliphatic carbocycles. The zero-order valence-electron chi connectivity index (χ0n) is 8.25. The summed E-state index contributed by atoms with van der Waals surface area (Å²) in [5, 5.41) is 0.725. The van der Waals surface area contributed by atoms with E-state index in [1.165, 1.54) is 0 Å². The number of hydrogen-bond acceptors (Lipinski definition) is 2. The van der Waals surface area contributed by atoms with Crippen molar-refractivity contribution in [3.63, 3.8) is 0 Å². The Labute approximate surface area is 88.6 Å². The van der Waals surface area contributed by atoms with Crippen LogP contribution in [0.1, 0.15) is 18.1 Å². The highest BCUT2D eigenvalue weighted by molar-refractivity contribution is 6.33. The molecule has 0 aromatic heterocycles. The first kappa shape index (κ1) is 9.53. The van der Waals surface area contributed by atoms with E-state index in [4.69, 9.17) is 16.3 Å². The zero-order valence-corrected chi connectivity index (χ0v) is 9.01. The Kier molecular flexibility index (Phi) is 2.46. The largest absolute Gasteiger partial charge is 0.495 e. The number of benzene rings is 1. The molecule has 1 aromatic rings. The first-order chi connectivity index (χ1) is 6.72. The molecule has 1 atom stereocenters. The van der Waals surface area contributed by atoms with E-state index in [0.29, 0.717) is 6.04 Å². The normalized spacial score (nSPS) is 19.2. The summed E-state index contributed by atoms with van der Waals surface area (Å²) >= 11 is 6.21. The topological polar surface area (TPSA) is 21.6 Å². The van der Waals surface area contributed by atoms with Crippen molar-refractivity contribution in [3.05, 3.63) is 28.3 Å². The summed E-state index contributed by atoms with van der Waals surface area (Å²) in [7, 11) is 1.63. The number of methoxy groups -OCH3 is 1. The second-order valence-electron chi connectivity index (χ2n) is 3.48.